The van der Waals surface area contributed by atoms with Crippen LogP contribution in [0.15, 0.2) is 42.6 Å². The molecule has 0 radical (unpaired) electrons. The van der Waals surface area contributed by atoms with Crippen molar-refractivity contribution in [2.45, 2.75) is 64.4 Å². The number of nitrogens with one attached hydrogen (secondary N) is 1. The number of hydrogen-bond donors (Lipinski definition) is 1. The molecule has 1 amide bonds. The molecule has 9 nitrogen and oxygen atoms in total. The van der Waals surface area contributed by atoms with E-state index in [1.807, 2.05) is 31.3 Å². The van der Waals surface area contributed by atoms with E-state index in [1.165, 1.54) is 0 Å². The maximum atomic E-state index is 13.5. The SMILES string of the molecule is Cn1ncc2c1OCCC(O[Si](C)(C)C(C)(C)C)CCn1c(nc3ccccc31)NC(=O)c1cc(Cl)nc-2c1. The molecule has 1 unspecified atom stereocenters. The van der Waals surface area contributed by atoms with Gasteiger partial charge in [0.25, 0.3) is 5.91 Å². The topological polar surface area (TPSA) is 96.1 Å². The molecule has 0 aliphatic carbocycles. The molecule has 3 aromatic heterocycles. The van der Waals surface area contributed by atoms with Crippen molar-refractivity contribution in [1.29, 1.82) is 0 Å². The Balaban J connectivity index is 1.59. The minimum atomic E-state index is -2.06. The van der Waals surface area contributed by atoms with Gasteiger partial charge in [0.2, 0.25) is 11.8 Å². The van der Waals surface area contributed by atoms with Gasteiger partial charge in [0.05, 0.1) is 35.1 Å². The molecule has 1 aliphatic rings. The van der Waals surface area contributed by atoms with Crippen LogP contribution in [-0.4, -0.2) is 51.3 Å². The van der Waals surface area contributed by atoms with Gasteiger partial charge in [-0.25, -0.2) is 14.6 Å². The van der Waals surface area contributed by atoms with Crippen molar-refractivity contribution in [2.75, 3.05) is 11.9 Å². The third-order valence-electron chi connectivity index (χ3n) is 7.72. The fraction of sp³-hybridized carbons (Fsp3) is 0.429. The number of aryl methyl sites for hydroxylation is 2. The van der Waals surface area contributed by atoms with Gasteiger partial charge < -0.3 is 13.7 Å². The van der Waals surface area contributed by atoms with Gasteiger partial charge in [-0.1, -0.05) is 44.5 Å². The Labute approximate surface area is 234 Å². The summed E-state index contributed by atoms with van der Waals surface area (Å²) >= 11 is 6.37. The average molecular weight is 567 g/mol. The summed E-state index contributed by atoms with van der Waals surface area (Å²) in [5, 5.41) is 7.66. The van der Waals surface area contributed by atoms with E-state index >= 15 is 0 Å². The standard InChI is InChI=1S/C28H35ClN6O3Si/c1-28(2,3)39(5,6)38-19-11-13-35-23-10-8-7-9-21(23)32-27(35)33-25(36)18-15-22(31-24(29)16-18)20-17-30-34(4)26(20)37-14-12-19/h7-10,15-17,19H,11-14H2,1-6H3,(H,32,33,36). The van der Waals surface area contributed by atoms with Crippen molar-refractivity contribution in [2.24, 2.45) is 7.05 Å². The molecule has 1 atom stereocenters. The number of benzene rings is 1. The average Bonchev–Trinajstić information content (AvgIpc) is 3.40. The van der Waals surface area contributed by atoms with Crippen LogP contribution in [0.4, 0.5) is 5.95 Å². The third kappa shape index (κ3) is 5.59. The van der Waals surface area contributed by atoms with Crippen molar-refractivity contribution in [3.05, 3.63) is 53.3 Å². The molecule has 1 aliphatic heterocycles. The number of hydrogen-bond acceptors (Lipinski definition) is 6. The van der Waals surface area contributed by atoms with Gasteiger partial charge in [-0.15, -0.1) is 0 Å². The highest BCUT2D eigenvalue weighted by molar-refractivity contribution is 6.74. The molecule has 0 spiro atoms. The van der Waals surface area contributed by atoms with Gasteiger partial charge in [-0.2, -0.15) is 5.10 Å². The van der Waals surface area contributed by atoms with E-state index in [9.17, 15) is 4.79 Å². The molecule has 1 aromatic carbocycles. The lowest BCUT2D eigenvalue weighted by Gasteiger charge is -2.39. The molecule has 4 heterocycles. The molecular formula is C28H35ClN6O3Si. The first-order valence-electron chi connectivity index (χ1n) is 13.2. The Morgan fingerprint density at radius 2 is 1.92 bits per heavy atom. The molecule has 1 N–H and O–H groups in total. The highest BCUT2D eigenvalue weighted by Crippen LogP contribution is 2.38. The Kier molecular flexibility index (Phi) is 7.30. The van der Waals surface area contributed by atoms with Crippen molar-refractivity contribution >= 4 is 42.8 Å². The summed E-state index contributed by atoms with van der Waals surface area (Å²) in [4.78, 5) is 22.7. The zero-order valence-electron chi connectivity index (χ0n) is 23.3. The summed E-state index contributed by atoms with van der Waals surface area (Å²) in [5.41, 5.74) is 3.30. The molecule has 5 rings (SSSR count). The van der Waals surface area contributed by atoms with Crippen molar-refractivity contribution in [3.8, 4) is 17.1 Å². The van der Waals surface area contributed by atoms with E-state index in [4.69, 9.17) is 25.7 Å². The summed E-state index contributed by atoms with van der Waals surface area (Å²) in [6.45, 7) is 12.3. The number of halogens is 1. The number of carbonyl (C=O) groups excluding carboxylic acids is 1. The number of imidazole rings is 1. The second kappa shape index (κ2) is 10.4. The van der Waals surface area contributed by atoms with Crippen LogP contribution >= 0.6 is 11.6 Å². The predicted octanol–water partition coefficient (Wildman–Crippen LogP) is 6.30. The van der Waals surface area contributed by atoms with Crippen LogP contribution in [0.25, 0.3) is 22.3 Å². The van der Waals surface area contributed by atoms with E-state index < -0.39 is 8.32 Å². The van der Waals surface area contributed by atoms with E-state index in [2.05, 4.69) is 53.8 Å². The minimum Gasteiger partial charge on any atom is -0.477 e. The van der Waals surface area contributed by atoms with Gasteiger partial charge in [0, 0.05) is 31.7 Å². The normalized spacial score (nSPS) is 17.0. The van der Waals surface area contributed by atoms with E-state index in [0.29, 0.717) is 48.2 Å². The lowest BCUT2D eigenvalue weighted by atomic mass is 10.1. The quantitative estimate of drug-likeness (QED) is 0.226. The molecular weight excluding hydrogens is 532 g/mol. The first-order valence-corrected chi connectivity index (χ1v) is 16.5. The molecule has 0 fully saturated rings. The molecule has 4 aromatic rings. The molecule has 0 saturated carbocycles. The van der Waals surface area contributed by atoms with Crippen LogP contribution in [0.1, 0.15) is 44.0 Å². The number of para-hydroxylation sites is 2. The number of nitrogens with zero attached hydrogens (tertiary/aromatic N) is 5. The van der Waals surface area contributed by atoms with Crippen LogP contribution in [0.2, 0.25) is 23.3 Å². The highest BCUT2D eigenvalue weighted by Gasteiger charge is 2.39. The smallest absolute Gasteiger partial charge is 0.258 e. The maximum Gasteiger partial charge on any atom is 0.258 e. The second-order valence-corrected chi connectivity index (χ2v) is 16.7. The number of ether oxygens (including phenoxy) is 1. The van der Waals surface area contributed by atoms with E-state index in [1.54, 1.807) is 23.0 Å². The zero-order valence-corrected chi connectivity index (χ0v) is 25.0. The number of amides is 1. The summed E-state index contributed by atoms with van der Waals surface area (Å²) in [6, 6.07) is 11.1. The fourth-order valence-electron chi connectivity index (χ4n) is 4.53. The molecule has 11 heteroatoms. The highest BCUT2D eigenvalue weighted by atomic mass is 35.5. The van der Waals surface area contributed by atoms with Crippen molar-refractivity contribution in [3.63, 3.8) is 0 Å². The number of aromatic nitrogens is 5. The monoisotopic (exact) mass is 566 g/mol. The van der Waals surface area contributed by atoms with Gasteiger partial charge in [-0.3, -0.25) is 10.1 Å². The Hall–Kier alpha value is -3.21. The molecule has 39 heavy (non-hydrogen) atoms. The Morgan fingerprint density at radius 1 is 1.15 bits per heavy atom. The summed E-state index contributed by atoms with van der Waals surface area (Å²) < 4.78 is 16.9. The first kappa shape index (κ1) is 27.4. The van der Waals surface area contributed by atoms with Gasteiger partial charge in [0.1, 0.15) is 5.15 Å². The number of anilines is 1. The van der Waals surface area contributed by atoms with Gasteiger partial charge in [0.15, 0.2) is 8.32 Å². The summed E-state index contributed by atoms with van der Waals surface area (Å²) in [6.07, 6.45) is 3.06. The first-order chi connectivity index (χ1) is 18.4. The van der Waals surface area contributed by atoms with Crippen LogP contribution in [-0.2, 0) is 18.0 Å². The summed E-state index contributed by atoms with van der Waals surface area (Å²) in [5.74, 6) is 0.721. The molecule has 206 valence electrons. The molecule has 0 saturated heterocycles. The van der Waals surface area contributed by atoms with E-state index in [0.717, 1.165) is 17.5 Å². The molecule has 2 bridgehead atoms. The van der Waals surface area contributed by atoms with Crippen LogP contribution < -0.4 is 10.1 Å². The third-order valence-corrected chi connectivity index (χ3v) is 12.4. The van der Waals surface area contributed by atoms with Gasteiger partial charge in [-0.05, 0) is 48.8 Å². The number of carbonyl (C=O) groups is 1. The minimum absolute atomic E-state index is 0.0500. The predicted molar refractivity (Wildman–Crippen MR) is 156 cm³/mol. The zero-order chi connectivity index (χ0) is 27.9. The van der Waals surface area contributed by atoms with Crippen molar-refractivity contribution < 1.29 is 14.0 Å². The Morgan fingerprint density at radius 3 is 2.69 bits per heavy atom. The Bertz CT molecular complexity index is 1520. The van der Waals surface area contributed by atoms with Crippen molar-refractivity contribution in [1.82, 2.24) is 24.3 Å². The fourth-order valence-corrected chi connectivity index (χ4v) is 6.16. The lowest BCUT2D eigenvalue weighted by Crippen LogP contribution is -2.44. The largest absolute Gasteiger partial charge is 0.477 e. The van der Waals surface area contributed by atoms with Crippen LogP contribution in [0.3, 0.4) is 0 Å². The van der Waals surface area contributed by atoms with Crippen LogP contribution in [0, 0.1) is 0 Å². The lowest BCUT2D eigenvalue weighted by molar-refractivity contribution is 0.102. The van der Waals surface area contributed by atoms with Crippen LogP contribution in [0.5, 0.6) is 5.88 Å². The number of rotatable bonds is 2. The second-order valence-electron chi connectivity index (χ2n) is 11.5. The van der Waals surface area contributed by atoms with E-state index in [-0.39, 0.29) is 22.2 Å². The number of pyridine rings is 1. The van der Waals surface area contributed by atoms with Gasteiger partial charge >= 0.3 is 0 Å². The number of fused-ring (bicyclic) bond motifs is 7. The summed E-state index contributed by atoms with van der Waals surface area (Å²) in [7, 11) is -0.242. The maximum absolute atomic E-state index is 13.5.